The predicted molar refractivity (Wildman–Crippen MR) is 149 cm³/mol. The third-order valence-corrected chi connectivity index (χ3v) is 7.77. The molecule has 0 aliphatic carbocycles. The number of rotatable bonds is 11. The van der Waals surface area contributed by atoms with Crippen LogP contribution in [0.4, 0.5) is 5.69 Å². The van der Waals surface area contributed by atoms with Gasteiger partial charge in [0.2, 0.25) is 5.91 Å². The quantitative estimate of drug-likeness (QED) is 0.229. The molecule has 1 aliphatic heterocycles. The Labute approximate surface area is 236 Å². The Morgan fingerprint density at radius 1 is 0.850 bits per heavy atom. The van der Waals surface area contributed by atoms with Gasteiger partial charge in [-0.25, -0.2) is 4.79 Å². The molecule has 1 amide bonds. The number of aromatic carboxylic acids is 1. The minimum atomic E-state index is -1.03. The zero-order valence-electron chi connectivity index (χ0n) is 21.9. The van der Waals surface area contributed by atoms with Crippen molar-refractivity contribution in [3.63, 3.8) is 0 Å². The van der Waals surface area contributed by atoms with Crippen molar-refractivity contribution in [2.45, 2.75) is 49.8 Å². The van der Waals surface area contributed by atoms with Gasteiger partial charge in [0.15, 0.2) is 6.29 Å². The molecule has 0 spiro atoms. The first-order valence-electron chi connectivity index (χ1n) is 12.8. The van der Waals surface area contributed by atoms with Gasteiger partial charge >= 0.3 is 11.9 Å². The van der Waals surface area contributed by atoms with Crippen molar-refractivity contribution in [2.75, 3.05) is 11.1 Å². The molecule has 0 aromatic heterocycles. The number of carboxylic acid groups (broad SMARTS) is 2. The van der Waals surface area contributed by atoms with E-state index in [1.807, 2.05) is 24.3 Å². The minimum Gasteiger partial charge on any atom is -0.481 e. The molecule has 10 heteroatoms. The lowest BCUT2D eigenvalue weighted by molar-refractivity contribution is -0.268. The number of carbonyl (C=O) groups is 3. The minimum absolute atomic E-state index is 0.0187. The SMILES string of the molecule is C[C@@H]1[C@H](CSc2ccc(C(=O)O)cc2)O[C@H](c2ccc(NC(=O)CCC(=O)O)cc2)O[C@@H]1c1ccc(CO)cc1. The largest absolute Gasteiger partial charge is 0.481 e. The summed E-state index contributed by atoms with van der Waals surface area (Å²) in [6, 6.07) is 21.4. The average Bonchev–Trinajstić information content (AvgIpc) is 2.96. The van der Waals surface area contributed by atoms with Gasteiger partial charge in [-0.15, -0.1) is 11.8 Å². The molecule has 0 radical (unpaired) electrons. The van der Waals surface area contributed by atoms with Crippen LogP contribution in [0.2, 0.25) is 0 Å². The summed E-state index contributed by atoms with van der Waals surface area (Å²) in [6.07, 6.45) is -1.53. The highest BCUT2D eigenvalue weighted by Gasteiger charge is 2.38. The number of thioether (sulfide) groups is 1. The Kier molecular flexibility index (Phi) is 9.94. The zero-order valence-corrected chi connectivity index (χ0v) is 22.7. The summed E-state index contributed by atoms with van der Waals surface area (Å²) in [5, 5.41) is 30.1. The first kappa shape index (κ1) is 29.3. The van der Waals surface area contributed by atoms with Gasteiger partial charge in [-0.3, -0.25) is 9.59 Å². The number of aliphatic carboxylic acids is 1. The molecular formula is C30H31NO8S. The number of aliphatic hydroxyl groups is 1. The molecule has 1 saturated heterocycles. The summed E-state index contributed by atoms with van der Waals surface area (Å²) in [5.74, 6) is -1.79. The molecule has 40 heavy (non-hydrogen) atoms. The van der Waals surface area contributed by atoms with E-state index in [1.165, 1.54) is 0 Å². The molecule has 3 aromatic carbocycles. The van der Waals surface area contributed by atoms with Crippen molar-refractivity contribution in [3.05, 3.63) is 95.1 Å². The van der Waals surface area contributed by atoms with Crippen LogP contribution >= 0.6 is 11.8 Å². The Morgan fingerprint density at radius 3 is 2.10 bits per heavy atom. The monoisotopic (exact) mass is 565 g/mol. The van der Waals surface area contributed by atoms with Crippen LogP contribution in [0.3, 0.4) is 0 Å². The molecule has 210 valence electrons. The molecule has 9 nitrogen and oxygen atoms in total. The van der Waals surface area contributed by atoms with Crippen molar-refractivity contribution in [3.8, 4) is 0 Å². The standard InChI is InChI=1S/C30H31NO8S/c1-18-25(17-40-24-12-8-21(9-13-24)29(36)37)38-30(39-28(18)20-4-2-19(16-32)3-5-20)22-6-10-23(11-7-22)31-26(33)14-15-27(34)35/h2-13,18,25,28,30,32H,14-17H2,1H3,(H,31,33)(H,34,35)(H,36,37)/t18-,25+,28+,30+/m1/s1. The number of aliphatic hydroxyl groups excluding tert-OH is 1. The maximum absolute atomic E-state index is 12.0. The van der Waals surface area contributed by atoms with Crippen LogP contribution in [-0.2, 0) is 25.7 Å². The van der Waals surface area contributed by atoms with Gasteiger partial charge in [0, 0.05) is 34.2 Å². The van der Waals surface area contributed by atoms with E-state index in [0.29, 0.717) is 11.4 Å². The van der Waals surface area contributed by atoms with Gasteiger partial charge in [0.05, 0.1) is 30.8 Å². The van der Waals surface area contributed by atoms with Crippen LogP contribution in [0.15, 0.2) is 77.7 Å². The molecule has 4 N–H and O–H groups in total. The van der Waals surface area contributed by atoms with E-state index >= 15 is 0 Å². The Balaban J connectivity index is 1.50. The lowest BCUT2D eigenvalue weighted by Gasteiger charge is -2.41. The van der Waals surface area contributed by atoms with Crippen molar-refractivity contribution in [2.24, 2.45) is 5.92 Å². The van der Waals surface area contributed by atoms with Gasteiger partial charge in [0.1, 0.15) is 0 Å². The molecule has 4 rings (SSSR count). The van der Waals surface area contributed by atoms with E-state index in [-0.39, 0.29) is 49.0 Å². The van der Waals surface area contributed by atoms with Crippen LogP contribution in [0.5, 0.6) is 0 Å². The number of carbonyl (C=O) groups excluding carboxylic acids is 1. The fraction of sp³-hybridized carbons (Fsp3) is 0.300. The smallest absolute Gasteiger partial charge is 0.335 e. The van der Waals surface area contributed by atoms with Crippen LogP contribution in [-0.4, -0.2) is 45.0 Å². The first-order chi connectivity index (χ1) is 19.2. The zero-order chi connectivity index (χ0) is 28.6. The van der Waals surface area contributed by atoms with Crippen LogP contribution in [0.1, 0.15) is 59.2 Å². The van der Waals surface area contributed by atoms with E-state index in [2.05, 4.69) is 12.2 Å². The Bertz CT molecular complexity index is 1310. The number of anilines is 1. The highest BCUT2D eigenvalue weighted by molar-refractivity contribution is 7.99. The lowest BCUT2D eigenvalue weighted by atomic mass is 9.91. The molecule has 0 saturated carbocycles. The van der Waals surface area contributed by atoms with Crippen LogP contribution < -0.4 is 5.32 Å². The second-order valence-corrected chi connectivity index (χ2v) is 10.6. The summed E-state index contributed by atoms with van der Waals surface area (Å²) >= 11 is 1.57. The second kappa shape index (κ2) is 13.6. The molecule has 0 unspecified atom stereocenters. The van der Waals surface area contributed by atoms with Gasteiger partial charge in [-0.05, 0) is 47.5 Å². The number of carboxylic acids is 2. The normalized spacial score (nSPS) is 20.6. The van der Waals surface area contributed by atoms with Crippen molar-refractivity contribution in [1.82, 2.24) is 0 Å². The summed E-state index contributed by atoms with van der Waals surface area (Å²) in [6.45, 7) is 2.02. The van der Waals surface area contributed by atoms with Crippen LogP contribution in [0, 0.1) is 5.92 Å². The van der Waals surface area contributed by atoms with Gasteiger partial charge in [-0.2, -0.15) is 0 Å². The molecule has 3 aromatic rings. The van der Waals surface area contributed by atoms with Crippen molar-refractivity contribution < 1.29 is 39.2 Å². The first-order valence-corrected chi connectivity index (χ1v) is 13.8. The molecule has 1 fully saturated rings. The summed E-state index contributed by atoms with van der Waals surface area (Å²) in [7, 11) is 0. The molecule has 0 bridgehead atoms. The van der Waals surface area contributed by atoms with Gasteiger partial charge in [0.25, 0.3) is 0 Å². The maximum Gasteiger partial charge on any atom is 0.335 e. The third-order valence-electron chi connectivity index (χ3n) is 6.67. The topological polar surface area (TPSA) is 142 Å². The van der Waals surface area contributed by atoms with E-state index in [4.69, 9.17) is 19.7 Å². The number of ether oxygens (including phenoxy) is 2. The van der Waals surface area contributed by atoms with E-state index in [1.54, 1.807) is 60.3 Å². The highest BCUT2D eigenvalue weighted by Crippen LogP contribution is 2.43. The van der Waals surface area contributed by atoms with Gasteiger partial charge < -0.3 is 30.1 Å². The molecule has 1 aliphatic rings. The highest BCUT2D eigenvalue weighted by atomic mass is 32.2. The fourth-order valence-corrected chi connectivity index (χ4v) is 5.42. The van der Waals surface area contributed by atoms with E-state index in [0.717, 1.165) is 21.6 Å². The number of nitrogens with one attached hydrogen (secondary N) is 1. The van der Waals surface area contributed by atoms with Crippen molar-refractivity contribution >= 4 is 35.3 Å². The number of amides is 1. The predicted octanol–water partition coefficient (Wildman–Crippen LogP) is 5.26. The lowest BCUT2D eigenvalue weighted by Crippen LogP contribution is -2.38. The molecule has 4 atom stereocenters. The van der Waals surface area contributed by atoms with E-state index in [9.17, 15) is 19.5 Å². The number of hydrogen-bond acceptors (Lipinski definition) is 7. The third kappa shape index (κ3) is 7.70. The van der Waals surface area contributed by atoms with Gasteiger partial charge in [-0.1, -0.05) is 43.3 Å². The van der Waals surface area contributed by atoms with Crippen LogP contribution in [0.25, 0.3) is 0 Å². The second-order valence-electron chi connectivity index (χ2n) is 9.53. The maximum atomic E-state index is 12.0. The number of hydrogen-bond donors (Lipinski definition) is 4. The van der Waals surface area contributed by atoms with Crippen molar-refractivity contribution in [1.29, 1.82) is 0 Å². The molecule has 1 heterocycles. The number of benzene rings is 3. The summed E-state index contributed by atoms with van der Waals surface area (Å²) in [5.41, 5.74) is 3.29. The summed E-state index contributed by atoms with van der Waals surface area (Å²) in [4.78, 5) is 34.8. The fourth-order valence-electron chi connectivity index (χ4n) is 4.35. The average molecular weight is 566 g/mol. The Hall–Kier alpha value is -3.70. The molecular weight excluding hydrogens is 534 g/mol. The summed E-state index contributed by atoms with van der Waals surface area (Å²) < 4.78 is 12.9. The Morgan fingerprint density at radius 2 is 1.50 bits per heavy atom. The van der Waals surface area contributed by atoms with E-state index < -0.39 is 18.2 Å².